The molecule has 0 heterocycles. The molecule has 0 aliphatic heterocycles. The van der Waals surface area contributed by atoms with Crippen molar-refractivity contribution < 1.29 is 42.1 Å². The summed E-state index contributed by atoms with van der Waals surface area (Å²) in [4.78, 5) is 35.4. The summed E-state index contributed by atoms with van der Waals surface area (Å²) in [6, 6.07) is 0. The van der Waals surface area contributed by atoms with E-state index in [0.29, 0.717) is 17.4 Å². The van der Waals surface area contributed by atoms with Gasteiger partial charge < -0.3 is 18.9 Å². The first-order valence-electron chi connectivity index (χ1n) is 28.3. The average molecular weight is 1020 g/mol. The van der Waals surface area contributed by atoms with Crippen molar-refractivity contribution in [3.8, 4) is 0 Å². The third kappa shape index (κ3) is 55.7. The highest BCUT2D eigenvalue weighted by molar-refractivity contribution is 7.47. The normalized spacial score (nSPS) is 14.2. The molecule has 2 atom stereocenters. The predicted octanol–water partition coefficient (Wildman–Crippen LogP) is 17.6. The number of unbranched alkanes of at least 4 members (excludes halogenated alkanes) is 16. The molecule has 0 aromatic heterocycles. The molecule has 0 aromatic rings. The minimum atomic E-state index is -4.38. The first-order valence-corrected chi connectivity index (χ1v) is 29.8. The van der Waals surface area contributed by atoms with Crippen LogP contribution < -0.4 is 0 Å². The highest BCUT2D eigenvalue weighted by atomic mass is 31.2. The van der Waals surface area contributed by atoms with Crippen molar-refractivity contribution in [2.45, 2.75) is 213 Å². The van der Waals surface area contributed by atoms with Crippen LogP contribution in [0.3, 0.4) is 0 Å². The van der Waals surface area contributed by atoms with Crippen molar-refractivity contribution >= 4 is 19.8 Å². The van der Waals surface area contributed by atoms with E-state index in [0.717, 1.165) is 109 Å². The summed E-state index contributed by atoms with van der Waals surface area (Å²) in [6.07, 6.45) is 74.3. The van der Waals surface area contributed by atoms with E-state index in [2.05, 4.69) is 135 Å². The summed E-state index contributed by atoms with van der Waals surface area (Å²) in [7, 11) is 1.46. The minimum Gasteiger partial charge on any atom is -0.462 e. The highest BCUT2D eigenvalue weighted by Crippen LogP contribution is 2.43. The van der Waals surface area contributed by atoms with E-state index in [1.807, 2.05) is 21.1 Å². The van der Waals surface area contributed by atoms with Crippen LogP contribution in [0.4, 0.5) is 0 Å². The zero-order chi connectivity index (χ0) is 52.7. The number of phosphoric acid groups is 1. The van der Waals surface area contributed by atoms with E-state index >= 15 is 0 Å². The van der Waals surface area contributed by atoms with E-state index in [1.54, 1.807) is 0 Å². The van der Waals surface area contributed by atoms with E-state index in [9.17, 15) is 19.0 Å². The van der Waals surface area contributed by atoms with Crippen LogP contribution >= 0.6 is 7.82 Å². The molecule has 2 unspecified atom stereocenters. The van der Waals surface area contributed by atoms with Gasteiger partial charge in [-0.1, -0.05) is 225 Å². The second-order valence-corrected chi connectivity index (χ2v) is 21.0. The Morgan fingerprint density at radius 3 is 1.18 bits per heavy atom. The van der Waals surface area contributed by atoms with Gasteiger partial charge in [0.2, 0.25) is 0 Å². The largest absolute Gasteiger partial charge is 0.472 e. The number of allylic oxidation sites excluding steroid dienone is 20. The Bertz CT molecular complexity index is 1630. The number of nitrogens with zero attached hydrogens (tertiary/aromatic N) is 1. The number of hydrogen-bond acceptors (Lipinski definition) is 7. The van der Waals surface area contributed by atoms with Crippen LogP contribution in [0.1, 0.15) is 206 Å². The van der Waals surface area contributed by atoms with Crippen molar-refractivity contribution in [1.29, 1.82) is 0 Å². The number of hydrogen-bond donors (Lipinski definition) is 1. The topological polar surface area (TPSA) is 108 Å². The van der Waals surface area contributed by atoms with E-state index < -0.39 is 26.5 Å². The number of likely N-dealkylation sites (N-methyl/N-ethyl adjacent to an activating group) is 1. The van der Waals surface area contributed by atoms with Gasteiger partial charge in [-0.3, -0.25) is 18.6 Å². The molecule has 0 aromatic carbocycles. The molecule has 0 saturated heterocycles. The number of carbonyl (C=O) groups excluding carboxylic acids is 2. The molecule has 0 rings (SSSR count). The molecule has 0 radical (unpaired) electrons. The summed E-state index contributed by atoms with van der Waals surface area (Å²) >= 11 is 0. The third-order valence-corrected chi connectivity index (χ3v) is 12.5. The van der Waals surface area contributed by atoms with Crippen molar-refractivity contribution in [1.82, 2.24) is 0 Å². The van der Waals surface area contributed by atoms with Gasteiger partial charge >= 0.3 is 19.8 Å². The monoisotopic (exact) mass is 1020 g/mol. The first-order chi connectivity index (χ1) is 35.0. The summed E-state index contributed by atoms with van der Waals surface area (Å²) in [5, 5.41) is 0. The number of quaternary nitrogens is 1. The smallest absolute Gasteiger partial charge is 0.462 e. The van der Waals surface area contributed by atoms with Crippen molar-refractivity contribution in [2.24, 2.45) is 0 Å². The zero-order valence-electron chi connectivity index (χ0n) is 46.4. The molecule has 410 valence electrons. The number of esters is 2. The second-order valence-electron chi connectivity index (χ2n) is 19.6. The molecule has 0 saturated carbocycles. The molecule has 10 heteroatoms. The second kappa shape index (κ2) is 52.3. The number of phosphoric ester groups is 1. The highest BCUT2D eigenvalue weighted by Gasteiger charge is 2.27. The van der Waals surface area contributed by atoms with Crippen molar-refractivity contribution in [3.05, 3.63) is 122 Å². The standard InChI is InChI=1S/C62H104NO8P/c1-6-8-10-12-14-16-17-18-19-20-21-22-23-24-25-26-27-28-29-30-31-32-33-34-35-36-37-38-39-40-41-42-43-44-45-47-49-51-53-55-62(65)71-60(59-70-72(66,67)69-57-56-63(3,4)5)58-68-61(64)54-52-50-48-46-15-13-11-9-7-2/h8,10,14,16,18-19,21-22,24-25,27-28,30-31,33-34,36-37,39-40,60H,6-7,9,11-13,15,17,20,23,26,29,32,35,38,41-59H2,1-5H3/p+1/b10-8-,16-14-,19-18-,22-21-,25-24-,28-27-,31-30-,34-33-,37-36-,40-39-. The maximum absolute atomic E-state index is 12.7. The molecule has 9 nitrogen and oxygen atoms in total. The lowest BCUT2D eigenvalue weighted by molar-refractivity contribution is -0.870. The minimum absolute atomic E-state index is 0.0254. The Balaban J connectivity index is 4.07. The fraction of sp³-hybridized carbons (Fsp3) is 0.645. The molecule has 72 heavy (non-hydrogen) atoms. The van der Waals surface area contributed by atoms with Crippen molar-refractivity contribution in [3.63, 3.8) is 0 Å². The Kier molecular flexibility index (Phi) is 49.7. The SMILES string of the molecule is CC/C=C\C/C=C\C/C=C\C/C=C\C/C=C\C/C=C\C/C=C\C/C=C\C/C=C\C/C=C\CCCCCCCCCCC(=O)OC(COC(=O)CCCCCCCCCCC)COP(=O)(O)OCC[N+](C)(C)C. The summed E-state index contributed by atoms with van der Waals surface area (Å²) in [5.41, 5.74) is 0. The molecule has 0 aliphatic carbocycles. The van der Waals surface area contributed by atoms with Gasteiger partial charge in [-0.25, -0.2) is 4.57 Å². The summed E-state index contributed by atoms with van der Waals surface area (Å²) in [5.74, 6) is -0.817. The zero-order valence-corrected chi connectivity index (χ0v) is 47.3. The quantitative estimate of drug-likeness (QED) is 0.0211. The molecular formula is C62H105NO8P+. The fourth-order valence-corrected chi connectivity index (χ4v) is 7.90. The van der Waals surface area contributed by atoms with Gasteiger partial charge in [0.1, 0.15) is 19.8 Å². The van der Waals surface area contributed by atoms with Crippen LogP contribution in [0, 0.1) is 0 Å². The van der Waals surface area contributed by atoms with Crippen LogP contribution in [0.5, 0.6) is 0 Å². The van der Waals surface area contributed by atoms with Crippen LogP contribution in [-0.4, -0.2) is 74.9 Å². The van der Waals surface area contributed by atoms with Gasteiger partial charge in [-0.05, 0) is 89.9 Å². The van der Waals surface area contributed by atoms with Gasteiger partial charge in [-0.2, -0.15) is 0 Å². The van der Waals surface area contributed by atoms with Crippen LogP contribution in [0.15, 0.2) is 122 Å². The predicted molar refractivity (Wildman–Crippen MR) is 307 cm³/mol. The maximum Gasteiger partial charge on any atom is 0.472 e. The van der Waals surface area contributed by atoms with Crippen LogP contribution in [0.2, 0.25) is 0 Å². The Morgan fingerprint density at radius 1 is 0.444 bits per heavy atom. The van der Waals surface area contributed by atoms with Gasteiger partial charge in [0.25, 0.3) is 0 Å². The van der Waals surface area contributed by atoms with Crippen molar-refractivity contribution in [2.75, 3.05) is 47.5 Å². The fourth-order valence-electron chi connectivity index (χ4n) is 7.16. The Morgan fingerprint density at radius 2 is 0.792 bits per heavy atom. The van der Waals surface area contributed by atoms with Gasteiger partial charge in [0.05, 0.1) is 27.7 Å². The lowest BCUT2D eigenvalue weighted by Gasteiger charge is -2.24. The lowest BCUT2D eigenvalue weighted by atomic mass is 10.1. The lowest BCUT2D eigenvalue weighted by Crippen LogP contribution is -2.37. The Labute approximate surface area is 441 Å². The van der Waals surface area contributed by atoms with Gasteiger partial charge in [0.15, 0.2) is 6.10 Å². The maximum atomic E-state index is 12.7. The Hall–Kier alpha value is -3.59. The third-order valence-electron chi connectivity index (χ3n) is 11.5. The molecule has 0 spiro atoms. The molecule has 0 aliphatic rings. The molecular weight excluding hydrogens is 918 g/mol. The van der Waals surface area contributed by atoms with E-state index in [1.165, 1.54) is 64.2 Å². The van der Waals surface area contributed by atoms with Crippen LogP contribution in [-0.2, 0) is 32.7 Å². The molecule has 0 bridgehead atoms. The summed E-state index contributed by atoms with van der Waals surface area (Å²) in [6.45, 7) is 4.26. The van der Waals surface area contributed by atoms with Crippen LogP contribution in [0.25, 0.3) is 0 Å². The number of rotatable bonds is 50. The molecule has 1 N–H and O–H groups in total. The number of carbonyl (C=O) groups is 2. The molecule has 0 amide bonds. The summed E-state index contributed by atoms with van der Waals surface area (Å²) < 4.78 is 34.4. The van der Waals surface area contributed by atoms with E-state index in [-0.39, 0.29) is 32.0 Å². The first kappa shape index (κ1) is 68.4. The molecule has 0 fully saturated rings. The van der Waals surface area contributed by atoms with Gasteiger partial charge in [-0.15, -0.1) is 0 Å². The van der Waals surface area contributed by atoms with E-state index in [4.69, 9.17) is 18.5 Å². The number of ether oxygens (including phenoxy) is 2. The average Bonchev–Trinajstić information content (AvgIpc) is 3.34. The van der Waals surface area contributed by atoms with Gasteiger partial charge in [0, 0.05) is 12.8 Å².